The van der Waals surface area contributed by atoms with E-state index < -0.39 is 0 Å². The molecule has 1 aromatic carbocycles. The Labute approximate surface area is 86.2 Å². The van der Waals surface area contributed by atoms with Gasteiger partial charge < -0.3 is 15.5 Å². The summed E-state index contributed by atoms with van der Waals surface area (Å²) in [6.07, 6.45) is 0.350. The average molecular weight is 205 g/mol. The second-order valence-electron chi connectivity index (χ2n) is 3.33. The van der Waals surface area contributed by atoms with E-state index in [9.17, 15) is 0 Å². The molecule has 0 aliphatic carbocycles. The van der Waals surface area contributed by atoms with Crippen molar-refractivity contribution in [3.05, 3.63) is 29.5 Å². The molecule has 0 fully saturated rings. The maximum atomic E-state index is 8.49. The quantitative estimate of drug-likeness (QED) is 0.336. The fraction of sp³-hybridized carbons (Fsp3) is 0.200. The van der Waals surface area contributed by atoms with E-state index >= 15 is 0 Å². The molecule has 0 aliphatic heterocycles. The summed E-state index contributed by atoms with van der Waals surface area (Å²) in [7, 11) is 0. The molecule has 15 heavy (non-hydrogen) atoms. The molecule has 1 heterocycles. The Bertz CT molecular complexity index is 516. The summed E-state index contributed by atoms with van der Waals surface area (Å²) in [5.74, 6) is 0.150. The van der Waals surface area contributed by atoms with Crippen molar-refractivity contribution < 1.29 is 9.73 Å². The molecule has 0 bridgehead atoms. The number of fused-ring (bicyclic) bond motifs is 1. The molecule has 0 unspecified atom stereocenters. The van der Waals surface area contributed by atoms with Crippen molar-refractivity contribution in [2.75, 3.05) is 0 Å². The number of aromatic nitrogens is 1. The topological polar surface area (TPSA) is 84.6 Å². The van der Waals surface area contributed by atoms with Crippen molar-refractivity contribution in [2.24, 2.45) is 10.9 Å². The summed E-state index contributed by atoms with van der Waals surface area (Å²) >= 11 is 0. The van der Waals surface area contributed by atoms with Crippen molar-refractivity contribution in [3.8, 4) is 0 Å². The minimum atomic E-state index is 0.150. The number of oxime groups is 1. The fourth-order valence-corrected chi connectivity index (χ4v) is 1.51. The smallest absolute Gasteiger partial charge is 0.170 e. The third kappa shape index (κ3) is 1.63. The Morgan fingerprint density at radius 3 is 3.13 bits per heavy atom. The summed E-state index contributed by atoms with van der Waals surface area (Å²) in [6.45, 7) is 1.87. The Morgan fingerprint density at radius 2 is 2.40 bits per heavy atom. The van der Waals surface area contributed by atoms with Crippen LogP contribution >= 0.6 is 0 Å². The normalized spacial score (nSPS) is 12.2. The van der Waals surface area contributed by atoms with Crippen LogP contribution in [0.3, 0.4) is 0 Å². The molecule has 0 aliphatic rings. The number of aryl methyl sites for hydroxylation is 1. The van der Waals surface area contributed by atoms with Gasteiger partial charge in [0.1, 0.15) is 5.84 Å². The largest absolute Gasteiger partial charge is 0.409 e. The maximum Gasteiger partial charge on any atom is 0.170 e. The summed E-state index contributed by atoms with van der Waals surface area (Å²) in [5, 5.41) is 16.2. The summed E-state index contributed by atoms with van der Waals surface area (Å²) in [6, 6.07) is 5.69. The number of nitrogens with two attached hydrogens (primary N) is 1. The molecule has 5 heteroatoms. The van der Waals surface area contributed by atoms with Crippen molar-refractivity contribution >= 4 is 16.8 Å². The summed E-state index contributed by atoms with van der Waals surface area (Å²) < 4.78 is 5.18. The predicted molar refractivity (Wildman–Crippen MR) is 55.9 cm³/mol. The molecule has 2 aromatic rings. The standard InChI is InChI=1S/C10H11N3O2/c1-6-8-4-2-3-7(5-9(11)12-14)10(8)15-13-6/h2-4,14H,5H2,1H3,(H2,11,12). The molecule has 78 valence electrons. The number of hydrogen-bond donors (Lipinski definition) is 2. The van der Waals surface area contributed by atoms with Crippen LogP contribution in [0.25, 0.3) is 11.0 Å². The van der Waals surface area contributed by atoms with Crippen LogP contribution in [-0.2, 0) is 6.42 Å². The van der Waals surface area contributed by atoms with Crippen LogP contribution in [0.5, 0.6) is 0 Å². The zero-order chi connectivity index (χ0) is 10.8. The lowest BCUT2D eigenvalue weighted by atomic mass is 10.1. The molecule has 0 atom stereocenters. The fourth-order valence-electron chi connectivity index (χ4n) is 1.51. The Kier molecular flexibility index (Phi) is 2.29. The van der Waals surface area contributed by atoms with E-state index in [0.717, 1.165) is 16.6 Å². The lowest BCUT2D eigenvalue weighted by Crippen LogP contribution is -2.14. The molecule has 5 nitrogen and oxygen atoms in total. The van der Waals surface area contributed by atoms with Gasteiger partial charge in [0.25, 0.3) is 0 Å². The maximum absolute atomic E-state index is 8.49. The van der Waals surface area contributed by atoms with Gasteiger partial charge in [0, 0.05) is 17.4 Å². The number of benzene rings is 1. The first-order chi connectivity index (χ1) is 7.22. The van der Waals surface area contributed by atoms with Crippen molar-refractivity contribution in [2.45, 2.75) is 13.3 Å². The van der Waals surface area contributed by atoms with Gasteiger partial charge in [-0.15, -0.1) is 0 Å². The van der Waals surface area contributed by atoms with Gasteiger partial charge in [0.15, 0.2) is 5.58 Å². The number of rotatable bonds is 2. The highest BCUT2D eigenvalue weighted by atomic mass is 16.5. The van der Waals surface area contributed by atoms with E-state index in [1.165, 1.54) is 0 Å². The molecule has 0 radical (unpaired) electrons. The van der Waals surface area contributed by atoms with Gasteiger partial charge in [-0.25, -0.2) is 0 Å². The SMILES string of the molecule is Cc1noc2c(C/C(N)=N/O)cccc12. The van der Waals surface area contributed by atoms with Gasteiger partial charge in [-0.2, -0.15) is 0 Å². The zero-order valence-corrected chi connectivity index (χ0v) is 8.27. The third-order valence-corrected chi connectivity index (χ3v) is 2.26. The number of hydrogen-bond acceptors (Lipinski definition) is 4. The first-order valence-corrected chi connectivity index (χ1v) is 4.52. The van der Waals surface area contributed by atoms with Gasteiger partial charge in [0.05, 0.1) is 5.69 Å². The third-order valence-electron chi connectivity index (χ3n) is 2.26. The van der Waals surface area contributed by atoms with E-state index in [0.29, 0.717) is 12.0 Å². The van der Waals surface area contributed by atoms with Crippen LogP contribution < -0.4 is 5.73 Å². The molecular formula is C10H11N3O2. The van der Waals surface area contributed by atoms with Gasteiger partial charge in [-0.3, -0.25) is 0 Å². The van der Waals surface area contributed by atoms with Crippen LogP contribution in [0.1, 0.15) is 11.3 Å². The Morgan fingerprint density at radius 1 is 1.60 bits per heavy atom. The molecule has 2 rings (SSSR count). The molecule has 1 aromatic heterocycles. The molecule has 0 saturated carbocycles. The van der Waals surface area contributed by atoms with Gasteiger partial charge in [0.2, 0.25) is 0 Å². The zero-order valence-electron chi connectivity index (χ0n) is 8.27. The molecule has 0 spiro atoms. The minimum Gasteiger partial charge on any atom is -0.409 e. The molecular weight excluding hydrogens is 194 g/mol. The Hall–Kier alpha value is -2.04. The van der Waals surface area contributed by atoms with E-state index in [-0.39, 0.29) is 5.84 Å². The van der Waals surface area contributed by atoms with Gasteiger partial charge >= 0.3 is 0 Å². The number of amidine groups is 1. The minimum absolute atomic E-state index is 0.150. The van der Waals surface area contributed by atoms with Crippen LogP contribution in [-0.4, -0.2) is 16.2 Å². The molecule has 0 amide bonds. The van der Waals surface area contributed by atoms with E-state index in [1.807, 2.05) is 25.1 Å². The van der Waals surface area contributed by atoms with E-state index in [1.54, 1.807) is 0 Å². The molecule has 0 saturated heterocycles. The van der Waals surface area contributed by atoms with E-state index in [2.05, 4.69) is 10.3 Å². The molecule has 3 N–H and O–H groups in total. The summed E-state index contributed by atoms with van der Waals surface area (Å²) in [5.41, 5.74) is 7.84. The predicted octanol–water partition coefficient (Wildman–Crippen LogP) is 1.43. The average Bonchev–Trinajstić information content (AvgIpc) is 2.62. The monoisotopic (exact) mass is 205 g/mol. The number of nitrogens with zero attached hydrogens (tertiary/aromatic N) is 2. The highest BCUT2D eigenvalue weighted by Gasteiger charge is 2.09. The second-order valence-corrected chi connectivity index (χ2v) is 3.33. The first kappa shape index (κ1) is 9.51. The van der Waals surface area contributed by atoms with Crippen molar-refractivity contribution in [3.63, 3.8) is 0 Å². The van der Waals surface area contributed by atoms with Gasteiger partial charge in [-0.1, -0.05) is 22.4 Å². The van der Waals surface area contributed by atoms with Crippen LogP contribution in [0, 0.1) is 6.92 Å². The first-order valence-electron chi connectivity index (χ1n) is 4.52. The van der Waals surface area contributed by atoms with Crippen molar-refractivity contribution in [1.29, 1.82) is 0 Å². The van der Waals surface area contributed by atoms with Crippen LogP contribution in [0.2, 0.25) is 0 Å². The summed E-state index contributed by atoms with van der Waals surface area (Å²) in [4.78, 5) is 0. The number of para-hydroxylation sites is 1. The highest BCUT2D eigenvalue weighted by molar-refractivity contribution is 5.89. The van der Waals surface area contributed by atoms with Gasteiger partial charge in [-0.05, 0) is 13.0 Å². The second kappa shape index (κ2) is 3.61. The lowest BCUT2D eigenvalue weighted by Gasteiger charge is -1.99. The highest BCUT2D eigenvalue weighted by Crippen LogP contribution is 2.21. The van der Waals surface area contributed by atoms with Crippen LogP contribution in [0.4, 0.5) is 0 Å². The lowest BCUT2D eigenvalue weighted by molar-refractivity contribution is 0.317. The van der Waals surface area contributed by atoms with Crippen molar-refractivity contribution in [1.82, 2.24) is 5.16 Å². The van der Waals surface area contributed by atoms with Crippen LogP contribution in [0.15, 0.2) is 27.9 Å². The van der Waals surface area contributed by atoms with E-state index in [4.69, 9.17) is 15.5 Å². The Balaban J connectivity index is 2.52.